The van der Waals surface area contributed by atoms with Gasteiger partial charge < -0.3 is 14.6 Å². The summed E-state index contributed by atoms with van der Waals surface area (Å²) < 4.78 is 5.94. The summed E-state index contributed by atoms with van der Waals surface area (Å²) in [6, 6.07) is 3.82. The fourth-order valence-corrected chi connectivity index (χ4v) is 2.37. The molecule has 0 aromatic heterocycles. The molecular formula is C14H20O5Si. The lowest BCUT2D eigenvalue weighted by Gasteiger charge is -2.36. The minimum atomic E-state index is -2.24. The molecule has 0 aliphatic rings. The van der Waals surface area contributed by atoms with E-state index in [2.05, 4.69) is 0 Å². The van der Waals surface area contributed by atoms with E-state index >= 15 is 0 Å². The molecule has 110 valence electrons. The number of benzene rings is 1. The second-order valence-corrected chi connectivity index (χ2v) is 10.9. The van der Waals surface area contributed by atoms with Gasteiger partial charge in [0.1, 0.15) is 11.3 Å². The maximum absolute atomic E-state index is 11.2. The Morgan fingerprint density at radius 3 is 2.05 bits per heavy atom. The van der Waals surface area contributed by atoms with Crippen molar-refractivity contribution in [3.63, 3.8) is 0 Å². The first kappa shape index (κ1) is 16.2. The average molecular weight is 296 g/mol. The number of hydrogen-bond donors (Lipinski definition) is 2. The van der Waals surface area contributed by atoms with Crippen LogP contribution in [0.5, 0.6) is 5.75 Å². The number of hydrogen-bond acceptors (Lipinski definition) is 3. The van der Waals surface area contributed by atoms with Gasteiger partial charge in [0.25, 0.3) is 8.32 Å². The Morgan fingerprint density at radius 1 is 1.10 bits per heavy atom. The molecule has 0 fully saturated rings. The first-order valence-electron chi connectivity index (χ1n) is 6.25. The van der Waals surface area contributed by atoms with E-state index in [1.54, 1.807) is 0 Å². The largest absolute Gasteiger partial charge is 0.543 e. The number of carboxylic acids is 2. The highest BCUT2D eigenvalue weighted by molar-refractivity contribution is 6.74. The summed E-state index contributed by atoms with van der Waals surface area (Å²) in [5.41, 5.74) is 0.00327. The SMILES string of the molecule is CC(C)(C)[Si](C)(C)Oc1cc(C(=O)O)ccc1C(=O)O. The van der Waals surface area contributed by atoms with Crippen LogP contribution in [0.15, 0.2) is 18.2 Å². The van der Waals surface area contributed by atoms with Gasteiger partial charge in [0.05, 0.1) is 5.56 Å². The molecule has 6 heteroatoms. The van der Waals surface area contributed by atoms with Gasteiger partial charge in [-0.25, -0.2) is 9.59 Å². The summed E-state index contributed by atoms with van der Waals surface area (Å²) >= 11 is 0. The van der Waals surface area contributed by atoms with Gasteiger partial charge in [0, 0.05) is 0 Å². The van der Waals surface area contributed by atoms with Crippen molar-refractivity contribution < 1.29 is 24.2 Å². The van der Waals surface area contributed by atoms with Gasteiger partial charge in [-0.2, -0.15) is 0 Å². The van der Waals surface area contributed by atoms with Gasteiger partial charge in [-0.1, -0.05) is 20.8 Å². The number of carboxylic acid groups (broad SMARTS) is 2. The van der Waals surface area contributed by atoms with E-state index in [1.165, 1.54) is 18.2 Å². The monoisotopic (exact) mass is 296 g/mol. The molecule has 0 atom stereocenters. The van der Waals surface area contributed by atoms with Crippen LogP contribution in [0.2, 0.25) is 18.1 Å². The van der Waals surface area contributed by atoms with E-state index in [0.29, 0.717) is 0 Å². The smallest absolute Gasteiger partial charge is 0.339 e. The van der Waals surface area contributed by atoms with Gasteiger partial charge in [-0.15, -0.1) is 0 Å². The highest BCUT2D eigenvalue weighted by Gasteiger charge is 2.39. The molecule has 0 spiro atoms. The fraction of sp³-hybridized carbons (Fsp3) is 0.429. The number of aromatic carboxylic acids is 2. The van der Waals surface area contributed by atoms with Crippen LogP contribution in [0.1, 0.15) is 41.5 Å². The second kappa shape index (κ2) is 5.28. The highest BCUT2D eigenvalue weighted by atomic mass is 28.4. The van der Waals surface area contributed by atoms with Crippen LogP contribution in [0.3, 0.4) is 0 Å². The minimum absolute atomic E-state index is 0.0141. The second-order valence-electron chi connectivity index (χ2n) is 6.18. The summed E-state index contributed by atoms with van der Waals surface area (Å²) in [6.45, 7) is 10.0. The molecule has 0 unspecified atom stereocenters. The summed E-state index contributed by atoms with van der Waals surface area (Å²) in [5.74, 6) is -2.11. The van der Waals surface area contributed by atoms with Crippen LogP contribution >= 0.6 is 0 Å². The molecule has 1 aromatic rings. The minimum Gasteiger partial charge on any atom is -0.543 e. The van der Waals surface area contributed by atoms with Crippen molar-refractivity contribution in [2.75, 3.05) is 0 Å². The third-order valence-electron chi connectivity index (χ3n) is 3.63. The summed E-state index contributed by atoms with van der Waals surface area (Å²) in [6.07, 6.45) is 0. The quantitative estimate of drug-likeness (QED) is 0.831. The zero-order chi connectivity index (χ0) is 15.7. The molecule has 1 rings (SSSR count). The molecule has 0 amide bonds. The Kier molecular flexibility index (Phi) is 4.29. The Morgan fingerprint density at radius 2 is 1.65 bits per heavy atom. The van der Waals surface area contributed by atoms with E-state index in [1.807, 2.05) is 33.9 Å². The van der Waals surface area contributed by atoms with Crippen molar-refractivity contribution in [1.82, 2.24) is 0 Å². The first-order valence-corrected chi connectivity index (χ1v) is 9.16. The zero-order valence-electron chi connectivity index (χ0n) is 12.4. The van der Waals surface area contributed by atoms with E-state index in [4.69, 9.17) is 9.53 Å². The molecule has 20 heavy (non-hydrogen) atoms. The molecule has 0 aliphatic carbocycles. The van der Waals surface area contributed by atoms with Crippen molar-refractivity contribution in [3.05, 3.63) is 29.3 Å². The summed E-state index contributed by atoms with van der Waals surface area (Å²) in [4.78, 5) is 22.2. The fourth-order valence-electron chi connectivity index (χ4n) is 1.34. The lowest BCUT2D eigenvalue weighted by atomic mass is 10.1. The van der Waals surface area contributed by atoms with Gasteiger partial charge in [0.15, 0.2) is 0 Å². The summed E-state index contributed by atoms with van der Waals surface area (Å²) in [5, 5.41) is 18.1. The van der Waals surface area contributed by atoms with E-state index in [9.17, 15) is 14.7 Å². The standard InChI is InChI=1S/C14H20O5Si/c1-14(2,3)20(4,5)19-11-8-9(12(15)16)6-7-10(11)13(17)18/h6-8H,1-5H3,(H,15,16)(H,17,18). The Bertz CT molecular complexity index is 543. The van der Waals surface area contributed by atoms with Crippen molar-refractivity contribution >= 4 is 20.3 Å². The Balaban J connectivity index is 3.31. The molecule has 5 nitrogen and oxygen atoms in total. The predicted molar refractivity (Wildman–Crippen MR) is 78.2 cm³/mol. The lowest BCUT2D eigenvalue weighted by molar-refractivity contribution is 0.0679. The molecule has 0 heterocycles. The normalized spacial score (nSPS) is 12.1. The van der Waals surface area contributed by atoms with Gasteiger partial charge in [-0.05, 0) is 36.3 Å². The molecule has 2 N–H and O–H groups in total. The summed E-state index contributed by atoms with van der Waals surface area (Å²) in [7, 11) is -2.24. The molecule has 0 saturated carbocycles. The maximum atomic E-state index is 11.2. The van der Waals surface area contributed by atoms with Crippen LogP contribution < -0.4 is 4.43 Å². The Labute approximate surface area is 119 Å². The van der Waals surface area contributed by atoms with E-state index < -0.39 is 20.3 Å². The van der Waals surface area contributed by atoms with Crippen molar-refractivity contribution in [2.45, 2.75) is 38.9 Å². The van der Waals surface area contributed by atoms with Gasteiger partial charge in [-0.3, -0.25) is 0 Å². The van der Waals surface area contributed by atoms with Gasteiger partial charge in [0.2, 0.25) is 0 Å². The third-order valence-corrected chi connectivity index (χ3v) is 7.97. The van der Waals surface area contributed by atoms with Crippen LogP contribution in [0.4, 0.5) is 0 Å². The molecule has 0 bridgehead atoms. The van der Waals surface area contributed by atoms with Crippen LogP contribution in [0, 0.1) is 0 Å². The maximum Gasteiger partial charge on any atom is 0.339 e. The molecule has 1 aromatic carbocycles. The number of rotatable bonds is 4. The first-order chi connectivity index (χ1) is 8.95. The van der Waals surface area contributed by atoms with Gasteiger partial charge >= 0.3 is 11.9 Å². The Hall–Kier alpha value is -1.82. The highest BCUT2D eigenvalue weighted by Crippen LogP contribution is 2.38. The molecule has 0 saturated heterocycles. The zero-order valence-corrected chi connectivity index (χ0v) is 13.4. The van der Waals surface area contributed by atoms with Crippen LogP contribution in [-0.2, 0) is 0 Å². The van der Waals surface area contributed by atoms with Crippen LogP contribution in [0.25, 0.3) is 0 Å². The van der Waals surface area contributed by atoms with E-state index in [0.717, 1.165) is 0 Å². The van der Waals surface area contributed by atoms with Crippen molar-refractivity contribution in [2.24, 2.45) is 0 Å². The number of carbonyl (C=O) groups is 2. The predicted octanol–water partition coefficient (Wildman–Crippen LogP) is 3.47. The third kappa shape index (κ3) is 3.39. The molecular weight excluding hydrogens is 276 g/mol. The van der Waals surface area contributed by atoms with Crippen molar-refractivity contribution in [1.29, 1.82) is 0 Å². The molecule has 0 radical (unpaired) electrons. The molecule has 0 aliphatic heterocycles. The van der Waals surface area contributed by atoms with Crippen molar-refractivity contribution in [3.8, 4) is 5.75 Å². The topological polar surface area (TPSA) is 83.8 Å². The lowest BCUT2D eigenvalue weighted by Crippen LogP contribution is -2.44. The van der Waals surface area contributed by atoms with E-state index in [-0.39, 0.29) is 21.9 Å². The van der Waals surface area contributed by atoms with Crippen LogP contribution in [-0.4, -0.2) is 30.5 Å². The average Bonchev–Trinajstić information content (AvgIpc) is 2.26.